The Kier molecular flexibility index (Phi) is 5.43. The fraction of sp³-hybridized carbons (Fsp3) is 0.240. The van der Waals surface area contributed by atoms with Gasteiger partial charge in [-0.15, -0.1) is 0 Å². The number of amides is 1. The van der Waals surface area contributed by atoms with Gasteiger partial charge >= 0.3 is 0 Å². The highest BCUT2D eigenvalue weighted by Gasteiger charge is 2.38. The second kappa shape index (κ2) is 8.53. The molecule has 2 unspecified atom stereocenters. The van der Waals surface area contributed by atoms with Gasteiger partial charge in [0.15, 0.2) is 6.23 Å². The summed E-state index contributed by atoms with van der Waals surface area (Å²) < 4.78 is 0. The zero-order chi connectivity index (χ0) is 22.1. The number of carbonyl (C=O) groups excluding carboxylic acids is 1. The number of phenols is 1. The van der Waals surface area contributed by atoms with Crippen LogP contribution in [0.1, 0.15) is 22.1 Å². The smallest absolute Gasteiger partial charge is 0.280 e. The first kappa shape index (κ1) is 20.4. The molecule has 2 aliphatic rings. The van der Waals surface area contributed by atoms with Gasteiger partial charge in [-0.2, -0.15) is 5.06 Å². The number of carbonyl (C=O) groups is 1. The Bertz CT molecular complexity index is 1110. The maximum Gasteiger partial charge on any atom is 0.280 e. The summed E-state index contributed by atoms with van der Waals surface area (Å²) in [6, 6.07) is 24.2. The SMILES string of the molecule is O=C1c2ccccc2C(O)N1OCC1CN(c2ccccc2)CCN1c1cccc(O)c1. The van der Waals surface area contributed by atoms with Crippen molar-refractivity contribution < 1.29 is 19.8 Å². The summed E-state index contributed by atoms with van der Waals surface area (Å²) in [6.07, 6.45) is -1.12. The van der Waals surface area contributed by atoms with Crippen molar-refractivity contribution >= 4 is 17.3 Å². The number of hydrogen-bond acceptors (Lipinski definition) is 6. The lowest BCUT2D eigenvalue weighted by atomic mass is 10.1. The molecule has 2 N–H and O–H groups in total. The van der Waals surface area contributed by atoms with Crippen LogP contribution < -0.4 is 9.80 Å². The van der Waals surface area contributed by atoms with E-state index in [9.17, 15) is 15.0 Å². The van der Waals surface area contributed by atoms with Crippen LogP contribution in [0.3, 0.4) is 0 Å². The van der Waals surface area contributed by atoms with Crippen molar-refractivity contribution in [2.45, 2.75) is 12.3 Å². The van der Waals surface area contributed by atoms with Gasteiger partial charge < -0.3 is 20.0 Å². The van der Waals surface area contributed by atoms with Crippen LogP contribution in [0.4, 0.5) is 11.4 Å². The van der Waals surface area contributed by atoms with Crippen molar-refractivity contribution in [3.05, 3.63) is 90.0 Å². The fourth-order valence-corrected chi connectivity index (χ4v) is 4.45. The number of hydroxylamine groups is 2. The molecule has 1 fully saturated rings. The molecule has 0 spiro atoms. The van der Waals surface area contributed by atoms with Crippen molar-refractivity contribution in [2.75, 3.05) is 36.0 Å². The Morgan fingerprint density at radius 3 is 2.44 bits per heavy atom. The van der Waals surface area contributed by atoms with Crippen LogP contribution >= 0.6 is 0 Å². The van der Waals surface area contributed by atoms with Gasteiger partial charge in [0.1, 0.15) is 5.75 Å². The maximum absolute atomic E-state index is 12.7. The molecule has 0 radical (unpaired) electrons. The summed E-state index contributed by atoms with van der Waals surface area (Å²) in [6.45, 7) is 2.41. The third-order valence-corrected chi connectivity index (χ3v) is 6.06. The zero-order valence-electron chi connectivity index (χ0n) is 17.5. The lowest BCUT2D eigenvalue weighted by Crippen LogP contribution is -2.56. The molecule has 0 bridgehead atoms. The Labute approximate surface area is 186 Å². The van der Waals surface area contributed by atoms with E-state index in [1.54, 1.807) is 36.4 Å². The summed E-state index contributed by atoms with van der Waals surface area (Å²) in [5.74, 6) is -0.138. The second-order valence-electron chi connectivity index (χ2n) is 8.04. The monoisotopic (exact) mass is 431 g/mol. The van der Waals surface area contributed by atoms with Crippen LogP contribution in [-0.2, 0) is 4.84 Å². The molecule has 2 aliphatic heterocycles. The van der Waals surface area contributed by atoms with Gasteiger partial charge in [-0.05, 0) is 30.3 Å². The minimum Gasteiger partial charge on any atom is -0.508 e. The van der Waals surface area contributed by atoms with E-state index in [0.29, 0.717) is 17.7 Å². The lowest BCUT2D eigenvalue weighted by Gasteiger charge is -2.44. The van der Waals surface area contributed by atoms with Gasteiger partial charge in [-0.3, -0.25) is 9.63 Å². The molecule has 3 aromatic carbocycles. The van der Waals surface area contributed by atoms with Crippen LogP contribution in [0.5, 0.6) is 5.75 Å². The van der Waals surface area contributed by atoms with Gasteiger partial charge in [0.25, 0.3) is 5.91 Å². The molecular weight excluding hydrogens is 406 g/mol. The third-order valence-electron chi connectivity index (χ3n) is 6.06. The number of aliphatic hydroxyl groups excluding tert-OH is 1. The van der Waals surface area contributed by atoms with E-state index in [1.807, 2.05) is 30.3 Å². The zero-order valence-corrected chi connectivity index (χ0v) is 17.5. The van der Waals surface area contributed by atoms with Crippen molar-refractivity contribution in [2.24, 2.45) is 0 Å². The van der Waals surface area contributed by atoms with Gasteiger partial charge in [0.2, 0.25) is 0 Å². The first-order chi connectivity index (χ1) is 15.6. The van der Waals surface area contributed by atoms with Crippen molar-refractivity contribution in [3.63, 3.8) is 0 Å². The number of rotatable bonds is 5. The third kappa shape index (κ3) is 3.77. The Morgan fingerprint density at radius 2 is 1.66 bits per heavy atom. The average molecular weight is 431 g/mol. The summed E-state index contributed by atoms with van der Waals surface area (Å²) in [5.41, 5.74) is 3.02. The van der Waals surface area contributed by atoms with Crippen LogP contribution in [0.25, 0.3) is 0 Å². The molecule has 32 heavy (non-hydrogen) atoms. The first-order valence-corrected chi connectivity index (χ1v) is 10.7. The minimum absolute atomic E-state index is 0.102. The molecule has 1 amide bonds. The highest BCUT2D eigenvalue weighted by atomic mass is 16.7. The fourth-order valence-electron chi connectivity index (χ4n) is 4.45. The van der Waals surface area contributed by atoms with Crippen molar-refractivity contribution in [1.82, 2.24) is 5.06 Å². The van der Waals surface area contributed by atoms with Crippen molar-refractivity contribution in [1.29, 1.82) is 0 Å². The van der Waals surface area contributed by atoms with Crippen LogP contribution in [0.15, 0.2) is 78.9 Å². The molecule has 164 valence electrons. The molecule has 0 aliphatic carbocycles. The quantitative estimate of drug-likeness (QED) is 0.646. The number of para-hydroxylation sites is 1. The topological polar surface area (TPSA) is 76.5 Å². The molecule has 7 heteroatoms. The van der Waals surface area contributed by atoms with E-state index in [-0.39, 0.29) is 24.3 Å². The standard InChI is InChI=1S/C25H25N3O4/c29-21-10-6-9-19(15-21)27-14-13-26(18-7-2-1-3-8-18)16-20(27)17-32-28-24(30)22-11-4-5-12-23(22)25(28)31/h1-12,15,20,24,29-30H,13-14,16-17H2. The largest absolute Gasteiger partial charge is 0.508 e. The predicted molar refractivity (Wildman–Crippen MR) is 121 cm³/mol. The maximum atomic E-state index is 12.7. The van der Waals surface area contributed by atoms with Crippen molar-refractivity contribution in [3.8, 4) is 5.75 Å². The molecule has 2 atom stereocenters. The van der Waals surface area contributed by atoms with E-state index in [0.717, 1.165) is 29.5 Å². The number of fused-ring (bicyclic) bond motifs is 1. The van der Waals surface area contributed by atoms with E-state index < -0.39 is 6.23 Å². The molecule has 7 nitrogen and oxygen atoms in total. The van der Waals surface area contributed by atoms with E-state index in [1.165, 1.54) is 0 Å². The van der Waals surface area contributed by atoms with E-state index in [2.05, 4.69) is 21.9 Å². The van der Waals surface area contributed by atoms with E-state index in [4.69, 9.17) is 4.84 Å². The summed E-state index contributed by atoms with van der Waals surface area (Å²) in [5, 5.41) is 21.7. The Hall–Kier alpha value is -3.55. The highest BCUT2D eigenvalue weighted by Crippen LogP contribution is 2.32. The number of benzene rings is 3. The molecule has 0 aromatic heterocycles. The van der Waals surface area contributed by atoms with Crippen LogP contribution in [0, 0.1) is 0 Å². The minimum atomic E-state index is -1.12. The summed E-state index contributed by atoms with van der Waals surface area (Å²) >= 11 is 0. The van der Waals surface area contributed by atoms with Gasteiger partial charge in [0, 0.05) is 48.2 Å². The van der Waals surface area contributed by atoms with Crippen LogP contribution in [0.2, 0.25) is 0 Å². The molecule has 5 rings (SSSR count). The number of nitrogens with zero attached hydrogens (tertiary/aromatic N) is 3. The van der Waals surface area contributed by atoms with Gasteiger partial charge in [0.05, 0.1) is 12.6 Å². The number of hydrogen-bond donors (Lipinski definition) is 2. The number of anilines is 2. The Morgan fingerprint density at radius 1 is 0.906 bits per heavy atom. The molecule has 1 saturated heterocycles. The molecule has 3 aromatic rings. The number of aliphatic hydroxyl groups is 1. The Balaban J connectivity index is 1.37. The summed E-state index contributed by atoms with van der Waals surface area (Å²) in [4.78, 5) is 23.1. The normalized spacial score (nSPS) is 20.5. The predicted octanol–water partition coefficient (Wildman–Crippen LogP) is 3.17. The number of aromatic hydroxyl groups is 1. The number of phenolic OH excluding ortho intramolecular Hbond substituents is 1. The highest BCUT2D eigenvalue weighted by molar-refractivity contribution is 5.98. The van der Waals surface area contributed by atoms with Gasteiger partial charge in [-0.25, -0.2) is 0 Å². The van der Waals surface area contributed by atoms with Crippen LogP contribution in [-0.4, -0.2) is 53.5 Å². The second-order valence-corrected chi connectivity index (χ2v) is 8.04. The lowest BCUT2D eigenvalue weighted by molar-refractivity contribution is -0.201. The first-order valence-electron chi connectivity index (χ1n) is 10.7. The number of piperazine rings is 1. The average Bonchev–Trinajstić information content (AvgIpc) is 3.08. The van der Waals surface area contributed by atoms with Gasteiger partial charge in [-0.1, -0.05) is 42.5 Å². The van der Waals surface area contributed by atoms with E-state index >= 15 is 0 Å². The molecule has 2 heterocycles. The molecular formula is C25H25N3O4. The molecule has 0 saturated carbocycles. The summed E-state index contributed by atoms with van der Waals surface area (Å²) in [7, 11) is 0.